The summed E-state index contributed by atoms with van der Waals surface area (Å²) in [7, 11) is 0. The van der Waals surface area contributed by atoms with Crippen LogP contribution in [0.1, 0.15) is 36.0 Å². The molecule has 1 aliphatic rings. The third-order valence-electron chi connectivity index (χ3n) is 5.16. The molecule has 0 saturated heterocycles. The molecule has 0 aliphatic carbocycles. The number of fused-ring (bicyclic) bond motifs is 1. The Kier molecular flexibility index (Phi) is 6.36. The van der Waals surface area contributed by atoms with Crippen molar-refractivity contribution in [1.29, 1.82) is 0 Å². The van der Waals surface area contributed by atoms with Gasteiger partial charge in [-0.2, -0.15) is 0 Å². The van der Waals surface area contributed by atoms with Crippen molar-refractivity contribution in [3.05, 3.63) is 81.4 Å². The minimum atomic E-state index is -0.947. The monoisotopic (exact) mass is 452 g/mol. The molecule has 164 valence electrons. The summed E-state index contributed by atoms with van der Waals surface area (Å²) >= 11 is 1.24. The SMILES string of the molecule is CCc1ccc(NC(=O)C2CC(=O)Nc3nc(SCc4ccc(F)cc4)[nH]c(=O)c32)cc1. The average molecular weight is 453 g/mol. The van der Waals surface area contributed by atoms with Crippen molar-refractivity contribution in [3.8, 4) is 0 Å². The van der Waals surface area contributed by atoms with Crippen molar-refractivity contribution in [1.82, 2.24) is 9.97 Å². The highest BCUT2D eigenvalue weighted by molar-refractivity contribution is 7.98. The Hall–Kier alpha value is -3.46. The van der Waals surface area contributed by atoms with Gasteiger partial charge in [0.1, 0.15) is 11.6 Å². The average Bonchev–Trinajstić information content (AvgIpc) is 2.78. The number of hydrogen-bond donors (Lipinski definition) is 3. The Bertz CT molecular complexity index is 1210. The molecule has 3 aromatic rings. The van der Waals surface area contributed by atoms with Gasteiger partial charge < -0.3 is 15.6 Å². The zero-order chi connectivity index (χ0) is 22.7. The predicted molar refractivity (Wildman–Crippen MR) is 121 cm³/mol. The van der Waals surface area contributed by atoms with E-state index in [2.05, 4.69) is 20.6 Å². The number of hydrogen-bond acceptors (Lipinski definition) is 5. The predicted octanol–water partition coefficient (Wildman–Crippen LogP) is 3.83. The van der Waals surface area contributed by atoms with Gasteiger partial charge in [0.2, 0.25) is 11.8 Å². The number of H-pyrrole nitrogens is 1. The summed E-state index contributed by atoms with van der Waals surface area (Å²) in [5.41, 5.74) is 2.25. The lowest BCUT2D eigenvalue weighted by molar-refractivity contribution is -0.123. The molecular weight excluding hydrogens is 431 g/mol. The van der Waals surface area contributed by atoms with Gasteiger partial charge in [0, 0.05) is 17.9 Å². The second-order valence-corrected chi connectivity index (χ2v) is 8.36. The van der Waals surface area contributed by atoms with E-state index >= 15 is 0 Å². The lowest BCUT2D eigenvalue weighted by atomic mass is 9.92. The molecule has 0 spiro atoms. The largest absolute Gasteiger partial charge is 0.326 e. The van der Waals surface area contributed by atoms with Crippen molar-refractivity contribution >= 4 is 35.1 Å². The molecule has 0 fully saturated rings. The van der Waals surface area contributed by atoms with Gasteiger partial charge in [-0.3, -0.25) is 14.4 Å². The lowest BCUT2D eigenvalue weighted by Gasteiger charge is -2.23. The second kappa shape index (κ2) is 9.35. The minimum absolute atomic E-state index is 0.0908. The Morgan fingerprint density at radius 2 is 1.81 bits per heavy atom. The van der Waals surface area contributed by atoms with Crippen LogP contribution in [0.2, 0.25) is 0 Å². The van der Waals surface area contributed by atoms with Gasteiger partial charge in [0.15, 0.2) is 5.16 Å². The van der Waals surface area contributed by atoms with Gasteiger partial charge in [-0.25, -0.2) is 9.37 Å². The quantitative estimate of drug-likeness (QED) is 0.390. The summed E-state index contributed by atoms with van der Waals surface area (Å²) in [6.07, 6.45) is 0.742. The minimum Gasteiger partial charge on any atom is -0.326 e. The highest BCUT2D eigenvalue weighted by atomic mass is 32.2. The standard InChI is InChI=1S/C23H21FN4O3S/c1-2-13-5-9-16(10-6-13)25-21(30)17-11-18(29)26-20-19(17)22(31)28-23(27-20)32-12-14-3-7-15(24)8-4-14/h3-10,17H,2,11-12H2,1H3,(H,25,30)(H2,26,27,28,29,31). The van der Waals surface area contributed by atoms with Gasteiger partial charge in [0.05, 0.1) is 11.5 Å². The molecule has 7 nitrogen and oxygen atoms in total. The van der Waals surface area contributed by atoms with Crippen LogP contribution >= 0.6 is 11.8 Å². The van der Waals surface area contributed by atoms with E-state index in [1.165, 1.54) is 23.9 Å². The smallest absolute Gasteiger partial charge is 0.257 e. The number of aromatic nitrogens is 2. The zero-order valence-corrected chi connectivity index (χ0v) is 18.1. The van der Waals surface area contributed by atoms with Gasteiger partial charge in [0.25, 0.3) is 5.56 Å². The highest BCUT2D eigenvalue weighted by Gasteiger charge is 2.34. The van der Waals surface area contributed by atoms with Crippen molar-refractivity contribution in [3.63, 3.8) is 0 Å². The molecule has 1 unspecified atom stereocenters. The molecule has 0 radical (unpaired) electrons. The highest BCUT2D eigenvalue weighted by Crippen LogP contribution is 2.31. The van der Waals surface area contributed by atoms with Gasteiger partial charge in [-0.05, 0) is 41.8 Å². The number of nitrogens with one attached hydrogen (secondary N) is 3. The number of carbonyl (C=O) groups is 2. The molecule has 0 bridgehead atoms. The van der Waals surface area contributed by atoms with E-state index in [0.717, 1.165) is 17.5 Å². The van der Waals surface area contributed by atoms with Crippen molar-refractivity contribution in [2.75, 3.05) is 10.6 Å². The summed E-state index contributed by atoms with van der Waals surface area (Å²) in [5.74, 6) is -1.55. The molecule has 0 saturated carbocycles. The molecule has 9 heteroatoms. The zero-order valence-electron chi connectivity index (χ0n) is 17.3. The molecule has 1 aliphatic heterocycles. The fourth-order valence-electron chi connectivity index (χ4n) is 3.43. The number of anilines is 2. The van der Waals surface area contributed by atoms with E-state index in [0.29, 0.717) is 16.6 Å². The summed E-state index contributed by atoms with van der Waals surface area (Å²) < 4.78 is 13.1. The topological polar surface area (TPSA) is 104 Å². The maximum Gasteiger partial charge on any atom is 0.257 e. The van der Waals surface area contributed by atoms with E-state index in [1.807, 2.05) is 19.1 Å². The third kappa shape index (κ3) is 4.88. The summed E-state index contributed by atoms with van der Waals surface area (Å²) in [4.78, 5) is 45.0. The third-order valence-corrected chi connectivity index (χ3v) is 6.11. The first-order valence-electron chi connectivity index (χ1n) is 10.1. The van der Waals surface area contributed by atoms with E-state index < -0.39 is 17.4 Å². The second-order valence-electron chi connectivity index (χ2n) is 7.39. The summed E-state index contributed by atoms with van der Waals surface area (Å²) in [6, 6.07) is 13.4. The van der Waals surface area contributed by atoms with Crippen LogP contribution in [-0.2, 0) is 21.8 Å². The first-order chi connectivity index (χ1) is 15.4. The van der Waals surface area contributed by atoms with E-state index in [4.69, 9.17) is 0 Å². The van der Waals surface area contributed by atoms with Crippen LogP contribution in [0.5, 0.6) is 0 Å². The molecular formula is C23H21FN4O3S. The van der Waals surface area contributed by atoms with Crippen molar-refractivity contribution < 1.29 is 14.0 Å². The fourth-order valence-corrected chi connectivity index (χ4v) is 4.24. The number of thioether (sulfide) groups is 1. The maximum atomic E-state index is 13.1. The molecule has 1 aromatic heterocycles. The van der Waals surface area contributed by atoms with Crippen LogP contribution in [0, 0.1) is 5.82 Å². The molecule has 2 amide bonds. The van der Waals surface area contributed by atoms with Crippen molar-refractivity contribution in [2.24, 2.45) is 0 Å². The van der Waals surface area contributed by atoms with E-state index in [-0.39, 0.29) is 29.5 Å². The molecule has 32 heavy (non-hydrogen) atoms. The number of carbonyl (C=O) groups excluding carboxylic acids is 2. The van der Waals surface area contributed by atoms with Crippen LogP contribution in [0.4, 0.5) is 15.9 Å². The number of halogens is 1. The molecule has 1 atom stereocenters. The molecule has 2 aromatic carbocycles. The van der Waals surface area contributed by atoms with Crippen LogP contribution < -0.4 is 16.2 Å². The number of amides is 2. The Labute approximate surface area is 187 Å². The molecule has 2 heterocycles. The first kappa shape index (κ1) is 21.8. The molecule has 4 rings (SSSR count). The van der Waals surface area contributed by atoms with Crippen LogP contribution in [0.25, 0.3) is 0 Å². The Morgan fingerprint density at radius 1 is 1.12 bits per heavy atom. The lowest BCUT2D eigenvalue weighted by Crippen LogP contribution is -2.36. The normalized spacial score (nSPS) is 15.1. The van der Waals surface area contributed by atoms with E-state index in [9.17, 15) is 18.8 Å². The molecule has 3 N–H and O–H groups in total. The number of benzene rings is 2. The Balaban J connectivity index is 1.54. The van der Waals surface area contributed by atoms with Gasteiger partial charge in [-0.1, -0.05) is 43.0 Å². The fraction of sp³-hybridized carbons (Fsp3) is 0.217. The summed E-state index contributed by atoms with van der Waals surface area (Å²) in [5, 5.41) is 5.68. The van der Waals surface area contributed by atoms with Gasteiger partial charge in [-0.15, -0.1) is 0 Å². The summed E-state index contributed by atoms with van der Waals surface area (Å²) in [6.45, 7) is 2.04. The maximum absolute atomic E-state index is 13.1. The number of aryl methyl sites for hydroxylation is 1. The van der Waals surface area contributed by atoms with Crippen molar-refractivity contribution in [2.45, 2.75) is 36.6 Å². The van der Waals surface area contributed by atoms with Crippen LogP contribution in [0.3, 0.4) is 0 Å². The number of aromatic amines is 1. The number of nitrogens with zero attached hydrogens (tertiary/aromatic N) is 1. The first-order valence-corrected chi connectivity index (χ1v) is 11.1. The van der Waals surface area contributed by atoms with E-state index in [1.54, 1.807) is 24.3 Å². The van der Waals surface area contributed by atoms with Gasteiger partial charge >= 0.3 is 0 Å². The van der Waals surface area contributed by atoms with Crippen LogP contribution in [-0.4, -0.2) is 21.8 Å². The van der Waals surface area contributed by atoms with Crippen LogP contribution in [0.15, 0.2) is 58.5 Å². The Morgan fingerprint density at radius 3 is 2.50 bits per heavy atom. The number of rotatable bonds is 6.